The summed E-state index contributed by atoms with van der Waals surface area (Å²) in [4.78, 5) is 12.1. The number of benzene rings is 1. The molecule has 0 radical (unpaired) electrons. The highest BCUT2D eigenvalue weighted by atomic mass is 127. The lowest BCUT2D eigenvalue weighted by molar-refractivity contribution is -0.129. The summed E-state index contributed by atoms with van der Waals surface area (Å²) in [5.74, 6) is -0.409. The summed E-state index contributed by atoms with van der Waals surface area (Å²) in [7, 11) is 0. The van der Waals surface area contributed by atoms with Crippen LogP contribution >= 0.6 is 22.6 Å². The van der Waals surface area contributed by atoms with Gasteiger partial charge in [0.1, 0.15) is 5.82 Å². The van der Waals surface area contributed by atoms with Crippen LogP contribution in [0.15, 0.2) is 18.2 Å². The van der Waals surface area contributed by atoms with Crippen LogP contribution in [0.25, 0.3) is 0 Å². The SMILES string of the molecule is NCC1(C(=O)Nc2cccc(F)c2I)CCC1. The molecule has 0 unspecified atom stereocenters. The highest BCUT2D eigenvalue weighted by Gasteiger charge is 2.42. The lowest BCUT2D eigenvalue weighted by Crippen LogP contribution is -2.47. The van der Waals surface area contributed by atoms with E-state index in [1.807, 2.05) is 22.6 Å². The monoisotopic (exact) mass is 348 g/mol. The van der Waals surface area contributed by atoms with Crippen LogP contribution in [0.2, 0.25) is 0 Å². The molecule has 1 aliphatic rings. The number of anilines is 1. The highest BCUT2D eigenvalue weighted by molar-refractivity contribution is 14.1. The molecular formula is C12H14FIN2O. The summed E-state index contributed by atoms with van der Waals surface area (Å²) in [6, 6.07) is 4.66. The second kappa shape index (κ2) is 4.89. The molecule has 0 aromatic heterocycles. The molecule has 3 nitrogen and oxygen atoms in total. The third-order valence-corrected chi connectivity index (χ3v) is 4.48. The average Bonchev–Trinajstić information content (AvgIpc) is 2.24. The number of nitrogens with two attached hydrogens (primary N) is 1. The van der Waals surface area contributed by atoms with Crippen LogP contribution in [0.4, 0.5) is 10.1 Å². The van der Waals surface area contributed by atoms with E-state index >= 15 is 0 Å². The second-order valence-corrected chi connectivity index (χ2v) is 5.47. The fourth-order valence-electron chi connectivity index (χ4n) is 1.98. The predicted octanol–water partition coefficient (Wildman–Crippen LogP) is 2.50. The van der Waals surface area contributed by atoms with E-state index in [4.69, 9.17) is 5.73 Å². The van der Waals surface area contributed by atoms with Gasteiger partial charge in [-0.05, 0) is 47.6 Å². The molecule has 5 heteroatoms. The Bertz CT molecular complexity index is 441. The number of nitrogens with one attached hydrogen (secondary N) is 1. The molecular weight excluding hydrogens is 334 g/mol. The van der Waals surface area contributed by atoms with Crippen LogP contribution in [0.1, 0.15) is 19.3 Å². The van der Waals surface area contributed by atoms with E-state index < -0.39 is 5.41 Å². The lowest BCUT2D eigenvalue weighted by Gasteiger charge is -2.39. The van der Waals surface area contributed by atoms with Gasteiger partial charge in [-0.1, -0.05) is 12.5 Å². The smallest absolute Gasteiger partial charge is 0.231 e. The third-order valence-electron chi connectivity index (χ3n) is 3.38. The fraction of sp³-hybridized carbons (Fsp3) is 0.417. The number of hydrogen-bond donors (Lipinski definition) is 2. The molecule has 1 aromatic carbocycles. The van der Waals surface area contributed by atoms with E-state index in [-0.39, 0.29) is 11.7 Å². The van der Waals surface area contributed by atoms with E-state index in [9.17, 15) is 9.18 Å². The van der Waals surface area contributed by atoms with Crippen molar-refractivity contribution in [2.45, 2.75) is 19.3 Å². The number of rotatable bonds is 3. The van der Waals surface area contributed by atoms with Gasteiger partial charge in [-0.15, -0.1) is 0 Å². The highest BCUT2D eigenvalue weighted by Crippen LogP contribution is 2.41. The lowest BCUT2D eigenvalue weighted by atomic mass is 9.68. The van der Waals surface area contributed by atoms with Gasteiger partial charge in [0.25, 0.3) is 0 Å². The maximum atomic E-state index is 13.3. The number of amides is 1. The Hall–Kier alpha value is -0.690. The number of carbonyl (C=O) groups is 1. The van der Waals surface area contributed by atoms with Gasteiger partial charge in [-0.25, -0.2) is 4.39 Å². The Kier molecular flexibility index (Phi) is 3.67. The zero-order valence-corrected chi connectivity index (χ0v) is 11.5. The standard InChI is InChI=1S/C12H14FIN2O/c13-8-3-1-4-9(10(8)14)16-11(17)12(7-15)5-2-6-12/h1,3-4H,2,5-7,15H2,(H,16,17). The number of halogens is 2. The van der Waals surface area contributed by atoms with Crippen LogP contribution in [-0.4, -0.2) is 12.5 Å². The van der Waals surface area contributed by atoms with Crippen LogP contribution in [0.5, 0.6) is 0 Å². The minimum atomic E-state index is -0.435. The van der Waals surface area contributed by atoms with E-state index in [2.05, 4.69) is 5.32 Å². The molecule has 92 valence electrons. The molecule has 0 spiro atoms. The largest absolute Gasteiger partial charge is 0.329 e. The van der Waals surface area contributed by atoms with Gasteiger partial charge in [-0.3, -0.25) is 4.79 Å². The first-order valence-corrected chi connectivity index (χ1v) is 6.62. The quantitative estimate of drug-likeness (QED) is 0.825. The zero-order chi connectivity index (χ0) is 12.5. The molecule has 0 saturated heterocycles. The van der Waals surface area contributed by atoms with Crippen LogP contribution < -0.4 is 11.1 Å². The number of carbonyl (C=O) groups excluding carboxylic acids is 1. The maximum Gasteiger partial charge on any atom is 0.231 e. The fourth-order valence-corrected chi connectivity index (χ4v) is 2.48. The van der Waals surface area contributed by atoms with Gasteiger partial charge < -0.3 is 11.1 Å². The minimum absolute atomic E-state index is 0.0882. The average molecular weight is 348 g/mol. The number of hydrogen-bond acceptors (Lipinski definition) is 2. The van der Waals surface area contributed by atoms with Crippen LogP contribution in [0, 0.1) is 14.8 Å². The first-order valence-electron chi connectivity index (χ1n) is 5.55. The van der Waals surface area contributed by atoms with Crippen molar-refractivity contribution in [2.75, 3.05) is 11.9 Å². The van der Waals surface area contributed by atoms with E-state index in [0.29, 0.717) is 15.8 Å². The molecule has 3 N–H and O–H groups in total. The summed E-state index contributed by atoms with van der Waals surface area (Å²) < 4.78 is 13.8. The molecule has 0 bridgehead atoms. The van der Waals surface area contributed by atoms with Crippen molar-refractivity contribution in [3.05, 3.63) is 27.6 Å². The van der Waals surface area contributed by atoms with Crippen LogP contribution in [0.3, 0.4) is 0 Å². The Labute approximate surface area is 113 Å². The van der Waals surface area contributed by atoms with Crippen molar-refractivity contribution < 1.29 is 9.18 Å². The van der Waals surface area contributed by atoms with Crippen molar-refractivity contribution in [1.29, 1.82) is 0 Å². The first kappa shape index (κ1) is 12.8. The van der Waals surface area contributed by atoms with Crippen molar-refractivity contribution >= 4 is 34.2 Å². The molecule has 1 amide bonds. The van der Waals surface area contributed by atoms with Gasteiger partial charge in [0.2, 0.25) is 5.91 Å². The van der Waals surface area contributed by atoms with Crippen molar-refractivity contribution in [3.8, 4) is 0 Å². The third kappa shape index (κ3) is 2.30. The predicted molar refractivity (Wildman–Crippen MR) is 73.1 cm³/mol. The summed E-state index contributed by atoms with van der Waals surface area (Å²) >= 11 is 1.89. The Morgan fingerprint density at radius 1 is 1.53 bits per heavy atom. The molecule has 0 heterocycles. The topological polar surface area (TPSA) is 55.1 Å². The van der Waals surface area contributed by atoms with Crippen molar-refractivity contribution in [3.63, 3.8) is 0 Å². The van der Waals surface area contributed by atoms with E-state index in [0.717, 1.165) is 19.3 Å². The maximum absolute atomic E-state index is 13.3. The molecule has 1 fully saturated rings. The van der Waals surface area contributed by atoms with Gasteiger partial charge >= 0.3 is 0 Å². The Morgan fingerprint density at radius 3 is 2.76 bits per heavy atom. The van der Waals surface area contributed by atoms with Crippen molar-refractivity contribution in [1.82, 2.24) is 0 Å². The molecule has 2 rings (SSSR count). The van der Waals surface area contributed by atoms with E-state index in [1.165, 1.54) is 6.07 Å². The van der Waals surface area contributed by atoms with E-state index in [1.54, 1.807) is 12.1 Å². The molecule has 1 aromatic rings. The van der Waals surface area contributed by atoms with Gasteiger partial charge in [0.15, 0.2) is 0 Å². The second-order valence-electron chi connectivity index (χ2n) is 4.39. The van der Waals surface area contributed by atoms with Gasteiger partial charge in [0, 0.05) is 6.54 Å². The normalized spacial score (nSPS) is 17.4. The summed E-state index contributed by atoms with van der Waals surface area (Å²) in [6.45, 7) is 0.352. The Morgan fingerprint density at radius 2 is 2.24 bits per heavy atom. The Balaban J connectivity index is 2.16. The molecule has 1 saturated carbocycles. The van der Waals surface area contributed by atoms with Crippen LogP contribution in [-0.2, 0) is 4.79 Å². The summed E-state index contributed by atoms with van der Waals surface area (Å²) in [5.41, 5.74) is 5.74. The molecule has 0 aliphatic heterocycles. The minimum Gasteiger partial charge on any atom is -0.329 e. The first-order chi connectivity index (χ1) is 8.09. The molecule has 1 aliphatic carbocycles. The van der Waals surface area contributed by atoms with Crippen molar-refractivity contribution in [2.24, 2.45) is 11.1 Å². The van der Waals surface area contributed by atoms with Gasteiger partial charge in [0.05, 0.1) is 14.7 Å². The van der Waals surface area contributed by atoms with Gasteiger partial charge in [-0.2, -0.15) is 0 Å². The zero-order valence-electron chi connectivity index (χ0n) is 9.30. The molecule has 17 heavy (non-hydrogen) atoms. The summed E-state index contributed by atoms with van der Waals surface area (Å²) in [6.07, 6.45) is 2.67. The molecule has 0 atom stereocenters. The summed E-state index contributed by atoms with van der Waals surface area (Å²) in [5, 5.41) is 2.78.